The van der Waals surface area contributed by atoms with Gasteiger partial charge in [0, 0.05) is 6.92 Å². The number of carbonyl (C=O) groups excluding carboxylic acids is 1. The summed E-state index contributed by atoms with van der Waals surface area (Å²) in [5.41, 5.74) is 3.14. The Morgan fingerprint density at radius 1 is 1.27 bits per heavy atom. The number of ether oxygens (including phenoxy) is 1. The molecule has 116 valence electrons. The number of hydrogen-bond donors (Lipinski definition) is 0. The molecule has 1 aliphatic heterocycles. The van der Waals surface area contributed by atoms with Crippen LogP contribution in [0.1, 0.15) is 46.6 Å². The third kappa shape index (κ3) is 2.23. The predicted octanol–water partition coefficient (Wildman–Crippen LogP) is 4.05. The van der Waals surface area contributed by atoms with Gasteiger partial charge in [0.2, 0.25) is 11.4 Å². The molecule has 0 amide bonds. The molecule has 4 nitrogen and oxygen atoms in total. The Hall–Kier alpha value is -2.10. The van der Waals surface area contributed by atoms with Crippen molar-refractivity contribution in [3.63, 3.8) is 0 Å². The maximum absolute atomic E-state index is 12.8. The molecule has 0 aromatic heterocycles. The Bertz CT molecular complexity index is 739. The zero-order valence-electron chi connectivity index (χ0n) is 13.7. The fourth-order valence-corrected chi connectivity index (χ4v) is 3.94. The largest absolute Gasteiger partial charge is 0.618 e. The van der Waals surface area contributed by atoms with Gasteiger partial charge in [-0.2, -0.15) is 4.74 Å². The van der Waals surface area contributed by atoms with Crippen molar-refractivity contribution in [2.45, 2.75) is 41.0 Å². The number of allylic oxidation sites excluding steroid dienone is 2. The highest BCUT2D eigenvalue weighted by Crippen LogP contribution is 2.50. The van der Waals surface area contributed by atoms with Gasteiger partial charge < -0.3 is 9.94 Å². The first-order valence-corrected chi connectivity index (χ1v) is 7.51. The van der Waals surface area contributed by atoms with Crippen LogP contribution in [0, 0.1) is 16.0 Å². The summed E-state index contributed by atoms with van der Waals surface area (Å²) in [5.74, 6) is 0.0187. The van der Waals surface area contributed by atoms with Crippen LogP contribution >= 0.6 is 0 Å². The van der Waals surface area contributed by atoms with E-state index in [4.69, 9.17) is 4.74 Å². The average molecular weight is 299 g/mol. The maximum atomic E-state index is 12.8. The van der Waals surface area contributed by atoms with Crippen LogP contribution in [0.25, 0.3) is 5.57 Å². The summed E-state index contributed by atoms with van der Waals surface area (Å²) in [6.07, 6.45) is 3.11. The van der Waals surface area contributed by atoms with Crippen LogP contribution in [0.4, 0.5) is 5.69 Å². The Balaban J connectivity index is 2.19. The van der Waals surface area contributed by atoms with E-state index in [2.05, 4.69) is 33.8 Å². The Morgan fingerprint density at radius 3 is 2.59 bits per heavy atom. The van der Waals surface area contributed by atoms with E-state index in [1.807, 2.05) is 6.07 Å². The van der Waals surface area contributed by atoms with Gasteiger partial charge in [0.25, 0.3) is 0 Å². The fraction of sp³-hybridized carbons (Fsp3) is 0.444. The van der Waals surface area contributed by atoms with Crippen molar-refractivity contribution in [1.82, 2.24) is 0 Å². The predicted molar refractivity (Wildman–Crippen MR) is 86.2 cm³/mol. The molecule has 3 rings (SSSR count). The number of benzene rings is 1. The number of nitrogens with zero attached hydrogens (tertiary/aromatic N) is 1. The normalized spacial score (nSPS) is 21.0. The van der Waals surface area contributed by atoms with Gasteiger partial charge in [-0.1, -0.05) is 19.9 Å². The summed E-state index contributed by atoms with van der Waals surface area (Å²) in [5, 5.41) is 12.8. The van der Waals surface area contributed by atoms with Crippen LogP contribution in [0.5, 0.6) is 5.75 Å². The first-order chi connectivity index (χ1) is 10.1. The number of fused-ring (bicyclic) bond motifs is 3. The lowest BCUT2D eigenvalue weighted by Gasteiger charge is -2.36. The summed E-state index contributed by atoms with van der Waals surface area (Å²) in [4.78, 5) is 11.1. The molecule has 1 heterocycles. The molecule has 0 N–H and O–H groups in total. The standard InChI is InChI=1S/C18H21NO3/c1-11(20)22-12-6-7-13-14-9-17(2,3)10-18(4,5)16(14)19(21)15(13)8-12/h6-9H,10H2,1-5H3. The van der Waals surface area contributed by atoms with E-state index in [0.717, 1.165) is 28.0 Å². The van der Waals surface area contributed by atoms with E-state index < -0.39 is 0 Å². The second-order valence-electron chi connectivity index (χ2n) is 7.52. The van der Waals surface area contributed by atoms with Crippen LogP contribution < -0.4 is 4.74 Å². The molecule has 2 aliphatic rings. The summed E-state index contributed by atoms with van der Waals surface area (Å²) < 4.78 is 6.10. The SMILES string of the molecule is CC(=O)Oc1ccc2c(c1)[N+]([O-])=C1C2=CC(C)(C)CC1(C)C. The second kappa shape index (κ2) is 4.45. The van der Waals surface area contributed by atoms with Crippen molar-refractivity contribution in [2.24, 2.45) is 10.8 Å². The topological polar surface area (TPSA) is 52.4 Å². The van der Waals surface area contributed by atoms with Gasteiger partial charge in [-0.25, -0.2) is 0 Å². The third-order valence-corrected chi connectivity index (χ3v) is 4.27. The Labute approximate surface area is 130 Å². The van der Waals surface area contributed by atoms with Crippen molar-refractivity contribution in [2.75, 3.05) is 0 Å². The van der Waals surface area contributed by atoms with E-state index in [0.29, 0.717) is 11.4 Å². The Morgan fingerprint density at radius 2 is 1.95 bits per heavy atom. The lowest BCUT2D eigenvalue weighted by atomic mass is 9.65. The average Bonchev–Trinajstić information content (AvgIpc) is 2.59. The highest BCUT2D eigenvalue weighted by Gasteiger charge is 2.48. The zero-order chi connectivity index (χ0) is 16.3. The number of carbonyl (C=O) groups is 1. The molecule has 4 heteroatoms. The summed E-state index contributed by atoms with van der Waals surface area (Å²) in [6, 6.07) is 5.26. The molecule has 1 aromatic rings. The molecule has 0 bridgehead atoms. The summed E-state index contributed by atoms with van der Waals surface area (Å²) >= 11 is 0. The minimum atomic E-state index is -0.388. The molecule has 0 atom stereocenters. The van der Waals surface area contributed by atoms with Gasteiger partial charge in [0.1, 0.15) is 5.75 Å². The lowest BCUT2D eigenvalue weighted by molar-refractivity contribution is -0.361. The van der Waals surface area contributed by atoms with E-state index >= 15 is 0 Å². The molecule has 0 saturated carbocycles. The van der Waals surface area contributed by atoms with Gasteiger partial charge >= 0.3 is 5.97 Å². The van der Waals surface area contributed by atoms with Crippen LogP contribution in [0.2, 0.25) is 0 Å². The zero-order valence-corrected chi connectivity index (χ0v) is 13.7. The fourth-order valence-electron chi connectivity index (χ4n) is 3.94. The van der Waals surface area contributed by atoms with Crippen molar-refractivity contribution in [1.29, 1.82) is 0 Å². The number of rotatable bonds is 1. The second-order valence-corrected chi connectivity index (χ2v) is 7.52. The van der Waals surface area contributed by atoms with Gasteiger partial charge in [0.15, 0.2) is 0 Å². The molecular weight excluding hydrogens is 278 g/mol. The van der Waals surface area contributed by atoms with E-state index in [-0.39, 0.29) is 16.8 Å². The van der Waals surface area contributed by atoms with Crippen molar-refractivity contribution < 1.29 is 14.3 Å². The summed E-state index contributed by atoms with van der Waals surface area (Å²) in [7, 11) is 0. The third-order valence-electron chi connectivity index (χ3n) is 4.27. The van der Waals surface area contributed by atoms with Crippen molar-refractivity contribution in [3.05, 3.63) is 35.0 Å². The number of esters is 1. The van der Waals surface area contributed by atoms with Crippen LogP contribution in [-0.2, 0) is 4.79 Å². The maximum Gasteiger partial charge on any atom is 0.308 e. The smallest absolute Gasteiger partial charge is 0.308 e. The monoisotopic (exact) mass is 299 g/mol. The van der Waals surface area contributed by atoms with Gasteiger partial charge in [-0.15, -0.1) is 0 Å². The van der Waals surface area contributed by atoms with E-state index in [9.17, 15) is 10.0 Å². The minimum Gasteiger partial charge on any atom is -0.618 e. The molecule has 1 aromatic carbocycles. The molecule has 0 spiro atoms. The highest BCUT2D eigenvalue weighted by atomic mass is 16.5. The molecule has 0 unspecified atom stereocenters. The van der Waals surface area contributed by atoms with Crippen molar-refractivity contribution in [3.8, 4) is 5.75 Å². The molecule has 22 heavy (non-hydrogen) atoms. The molecular formula is C18H21NO3. The van der Waals surface area contributed by atoms with Crippen molar-refractivity contribution >= 4 is 22.9 Å². The van der Waals surface area contributed by atoms with Gasteiger partial charge in [-0.3, -0.25) is 4.79 Å². The first-order valence-electron chi connectivity index (χ1n) is 7.51. The molecule has 0 radical (unpaired) electrons. The van der Waals surface area contributed by atoms with Crippen LogP contribution in [0.3, 0.4) is 0 Å². The molecule has 0 fully saturated rings. The van der Waals surface area contributed by atoms with Gasteiger partial charge in [0.05, 0.1) is 22.6 Å². The minimum absolute atomic E-state index is 0.0410. The Kier molecular flexibility index (Phi) is 3.00. The first kappa shape index (κ1) is 14.8. The van der Waals surface area contributed by atoms with Crippen LogP contribution in [0.15, 0.2) is 24.3 Å². The highest BCUT2D eigenvalue weighted by molar-refractivity contribution is 6.28. The lowest BCUT2D eigenvalue weighted by Crippen LogP contribution is -2.36. The van der Waals surface area contributed by atoms with Gasteiger partial charge in [-0.05, 0) is 37.8 Å². The van der Waals surface area contributed by atoms with E-state index in [1.54, 1.807) is 12.1 Å². The molecule has 1 aliphatic carbocycles. The molecule has 0 saturated heterocycles. The van der Waals surface area contributed by atoms with Crippen LogP contribution in [-0.4, -0.2) is 16.4 Å². The number of hydrogen-bond acceptors (Lipinski definition) is 3. The summed E-state index contributed by atoms with van der Waals surface area (Å²) in [6.45, 7) is 9.96. The quantitative estimate of drug-likeness (QED) is 0.340. The van der Waals surface area contributed by atoms with E-state index in [1.165, 1.54) is 6.92 Å².